The third-order valence-corrected chi connectivity index (χ3v) is 4.45. The molecule has 0 saturated heterocycles. The smallest absolute Gasteiger partial charge is 0.309 e. The first-order chi connectivity index (χ1) is 11.9. The highest BCUT2D eigenvalue weighted by Gasteiger charge is 2.18. The van der Waals surface area contributed by atoms with Gasteiger partial charge in [-0.3, -0.25) is 19.5 Å². The van der Waals surface area contributed by atoms with E-state index >= 15 is 0 Å². The molecule has 0 saturated carbocycles. The molecule has 0 amide bonds. The molecule has 11 heteroatoms. The fraction of sp³-hybridized carbons (Fsp3) is 0.429. The van der Waals surface area contributed by atoms with Crippen molar-refractivity contribution in [2.45, 2.75) is 40.3 Å². The number of aromatic nitrogens is 6. The van der Waals surface area contributed by atoms with Crippen molar-refractivity contribution < 1.29 is 9.34 Å². The molecule has 0 bridgehead atoms. The van der Waals surface area contributed by atoms with Crippen LogP contribution in [0.2, 0.25) is 5.02 Å². The van der Waals surface area contributed by atoms with Gasteiger partial charge in [-0.25, -0.2) is 0 Å². The minimum absolute atomic E-state index is 0.0406. The summed E-state index contributed by atoms with van der Waals surface area (Å²) in [5.74, 6) is 0.792. The van der Waals surface area contributed by atoms with E-state index in [1.165, 1.54) is 10.9 Å². The first-order valence-corrected chi connectivity index (χ1v) is 7.92. The predicted molar refractivity (Wildman–Crippen MR) is 87.4 cm³/mol. The summed E-state index contributed by atoms with van der Waals surface area (Å²) in [7, 11) is 0. The van der Waals surface area contributed by atoms with Crippen LogP contribution in [-0.2, 0) is 19.5 Å². The largest absolute Gasteiger partial charge is 0.423 e. The zero-order valence-corrected chi connectivity index (χ0v) is 14.7. The standard InChI is InChI=1S/C14H16ClN7O3/c1-8-14(15)10(3)20(19-8)5-4-12-17-18-13(25-12)7-21-9(2)11(6-16-21)22(23)24/h6H,4-5,7H2,1-3H3. The van der Waals surface area contributed by atoms with Crippen molar-refractivity contribution in [1.29, 1.82) is 0 Å². The van der Waals surface area contributed by atoms with Gasteiger partial charge in [0.05, 0.1) is 21.3 Å². The molecule has 3 aromatic heterocycles. The minimum Gasteiger partial charge on any atom is -0.423 e. The summed E-state index contributed by atoms with van der Waals surface area (Å²) >= 11 is 6.12. The van der Waals surface area contributed by atoms with Crippen LogP contribution in [0.25, 0.3) is 0 Å². The first-order valence-electron chi connectivity index (χ1n) is 7.54. The van der Waals surface area contributed by atoms with Crippen molar-refractivity contribution in [3.8, 4) is 0 Å². The zero-order valence-electron chi connectivity index (χ0n) is 13.9. The van der Waals surface area contributed by atoms with E-state index in [2.05, 4.69) is 20.4 Å². The summed E-state index contributed by atoms with van der Waals surface area (Å²) in [5, 5.41) is 27.8. The van der Waals surface area contributed by atoms with Gasteiger partial charge < -0.3 is 4.42 Å². The van der Waals surface area contributed by atoms with Gasteiger partial charge in [-0.15, -0.1) is 10.2 Å². The molecule has 3 aromatic rings. The molecule has 0 aromatic carbocycles. The lowest BCUT2D eigenvalue weighted by molar-refractivity contribution is -0.385. The van der Waals surface area contributed by atoms with Crippen LogP contribution in [0, 0.1) is 30.9 Å². The summed E-state index contributed by atoms with van der Waals surface area (Å²) in [6.07, 6.45) is 1.71. The van der Waals surface area contributed by atoms with Crippen LogP contribution >= 0.6 is 11.6 Å². The third-order valence-electron chi connectivity index (χ3n) is 3.90. The summed E-state index contributed by atoms with van der Waals surface area (Å²) in [4.78, 5) is 10.4. The molecule has 3 heterocycles. The van der Waals surface area contributed by atoms with Gasteiger partial charge in [0, 0.05) is 13.0 Å². The highest BCUT2D eigenvalue weighted by Crippen LogP contribution is 2.19. The second-order valence-electron chi connectivity index (χ2n) is 5.58. The highest BCUT2D eigenvalue weighted by atomic mass is 35.5. The van der Waals surface area contributed by atoms with Crippen molar-refractivity contribution in [1.82, 2.24) is 29.8 Å². The second-order valence-corrected chi connectivity index (χ2v) is 5.96. The molecule has 25 heavy (non-hydrogen) atoms. The molecule has 3 rings (SSSR count). The Kier molecular flexibility index (Phi) is 4.53. The Morgan fingerprint density at radius 3 is 2.52 bits per heavy atom. The lowest BCUT2D eigenvalue weighted by atomic mass is 10.4. The highest BCUT2D eigenvalue weighted by molar-refractivity contribution is 6.31. The molecule has 0 N–H and O–H groups in total. The zero-order chi connectivity index (χ0) is 18.1. The van der Waals surface area contributed by atoms with Crippen molar-refractivity contribution in [3.63, 3.8) is 0 Å². The summed E-state index contributed by atoms with van der Waals surface area (Å²) in [5.41, 5.74) is 2.06. The van der Waals surface area contributed by atoms with E-state index in [0.717, 1.165) is 11.4 Å². The maximum absolute atomic E-state index is 10.8. The molecule has 0 unspecified atom stereocenters. The average molecular weight is 366 g/mol. The first kappa shape index (κ1) is 17.1. The molecule has 0 aliphatic heterocycles. The number of hydrogen-bond donors (Lipinski definition) is 0. The Hall–Kier alpha value is -2.75. The van der Waals surface area contributed by atoms with Gasteiger partial charge in [0.25, 0.3) is 0 Å². The van der Waals surface area contributed by atoms with Crippen LogP contribution < -0.4 is 0 Å². The molecule has 0 aliphatic rings. The summed E-state index contributed by atoms with van der Waals surface area (Å²) in [6, 6.07) is 0. The average Bonchev–Trinajstić information content (AvgIpc) is 3.23. The number of aryl methyl sites for hydroxylation is 3. The van der Waals surface area contributed by atoms with Crippen molar-refractivity contribution >= 4 is 17.3 Å². The third kappa shape index (κ3) is 3.38. The number of nitro groups is 1. The fourth-order valence-corrected chi connectivity index (χ4v) is 2.59. The topological polar surface area (TPSA) is 118 Å². The van der Waals surface area contributed by atoms with Gasteiger partial charge in [-0.2, -0.15) is 10.2 Å². The van der Waals surface area contributed by atoms with E-state index in [1.807, 2.05) is 13.8 Å². The summed E-state index contributed by atoms with van der Waals surface area (Å²) < 4.78 is 8.83. The van der Waals surface area contributed by atoms with Gasteiger partial charge in [0.15, 0.2) is 0 Å². The van der Waals surface area contributed by atoms with Gasteiger partial charge in [-0.05, 0) is 20.8 Å². The second kappa shape index (κ2) is 6.63. The van der Waals surface area contributed by atoms with E-state index in [4.69, 9.17) is 16.0 Å². The lowest BCUT2D eigenvalue weighted by Gasteiger charge is -2.01. The van der Waals surface area contributed by atoms with Gasteiger partial charge in [-0.1, -0.05) is 11.6 Å². The summed E-state index contributed by atoms with van der Waals surface area (Å²) in [6.45, 7) is 6.11. The van der Waals surface area contributed by atoms with Crippen molar-refractivity contribution in [2.75, 3.05) is 0 Å². The Labute approximate surface area is 147 Å². The Balaban J connectivity index is 1.66. The maximum Gasteiger partial charge on any atom is 0.309 e. The van der Waals surface area contributed by atoms with Gasteiger partial charge >= 0.3 is 5.69 Å². The van der Waals surface area contributed by atoms with E-state index in [0.29, 0.717) is 35.5 Å². The monoisotopic (exact) mass is 365 g/mol. The lowest BCUT2D eigenvalue weighted by Crippen LogP contribution is -2.05. The van der Waals surface area contributed by atoms with E-state index in [9.17, 15) is 10.1 Å². The van der Waals surface area contributed by atoms with Crippen molar-refractivity contribution in [3.05, 3.63) is 50.2 Å². The predicted octanol–water partition coefficient (Wildman–Crippen LogP) is 2.24. The van der Waals surface area contributed by atoms with E-state index < -0.39 is 4.92 Å². The molecule has 0 spiro atoms. The maximum atomic E-state index is 10.8. The van der Waals surface area contributed by atoms with Crippen LogP contribution in [0.5, 0.6) is 0 Å². The van der Waals surface area contributed by atoms with Gasteiger partial charge in [0.2, 0.25) is 11.8 Å². The Morgan fingerprint density at radius 1 is 1.20 bits per heavy atom. The molecule has 0 radical (unpaired) electrons. The number of halogens is 1. The molecule has 0 atom stereocenters. The molecular formula is C14H16ClN7O3. The SMILES string of the molecule is Cc1nn(CCc2nnc(Cn3ncc([N+](=O)[O-])c3C)o2)c(C)c1Cl. The Morgan fingerprint density at radius 2 is 1.92 bits per heavy atom. The number of hydrogen-bond acceptors (Lipinski definition) is 7. The van der Waals surface area contributed by atoms with Crippen LogP contribution in [0.15, 0.2) is 10.6 Å². The van der Waals surface area contributed by atoms with E-state index in [1.54, 1.807) is 11.6 Å². The van der Waals surface area contributed by atoms with Crippen LogP contribution in [0.1, 0.15) is 28.9 Å². The number of rotatable bonds is 6. The normalized spacial score (nSPS) is 11.2. The molecule has 132 valence electrons. The van der Waals surface area contributed by atoms with Crippen LogP contribution in [0.4, 0.5) is 5.69 Å². The quantitative estimate of drug-likeness (QED) is 0.485. The van der Waals surface area contributed by atoms with Gasteiger partial charge in [0.1, 0.15) is 18.4 Å². The molecular weight excluding hydrogens is 350 g/mol. The molecule has 0 aliphatic carbocycles. The fourth-order valence-electron chi connectivity index (χ4n) is 2.45. The van der Waals surface area contributed by atoms with E-state index in [-0.39, 0.29) is 12.2 Å². The number of nitrogens with zero attached hydrogens (tertiary/aromatic N) is 7. The van der Waals surface area contributed by atoms with Crippen LogP contribution in [-0.4, -0.2) is 34.7 Å². The minimum atomic E-state index is -0.475. The molecule has 0 fully saturated rings. The van der Waals surface area contributed by atoms with Crippen molar-refractivity contribution in [2.24, 2.45) is 0 Å². The van der Waals surface area contributed by atoms with Crippen LogP contribution in [0.3, 0.4) is 0 Å². The Bertz CT molecular complexity index is 927. The molecule has 10 nitrogen and oxygen atoms in total.